The molecule has 0 radical (unpaired) electrons. The molecule has 3 amide bonds. The number of amides is 3. The molecule has 13 heteroatoms. The number of ether oxygens (including phenoxy) is 2. The highest BCUT2D eigenvalue weighted by atomic mass is 19.1. The highest BCUT2D eigenvalue weighted by Crippen LogP contribution is 2.34. The van der Waals surface area contributed by atoms with Crippen molar-refractivity contribution in [3.63, 3.8) is 0 Å². The minimum absolute atomic E-state index is 0.0726. The summed E-state index contributed by atoms with van der Waals surface area (Å²) in [6.45, 7) is 1.19. The van der Waals surface area contributed by atoms with Crippen LogP contribution in [-0.2, 0) is 33.8 Å². The Balaban J connectivity index is 1.22. The lowest BCUT2D eigenvalue weighted by molar-refractivity contribution is -0.136. The largest absolute Gasteiger partial charge is 0.493 e. The number of halogens is 1. The summed E-state index contributed by atoms with van der Waals surface area (Å²) >= 11 is 0. The summed E-state index contributed by atoms with van der Waals surface area (Å²) in [5.41, 5.74) is 2.58. The van der Waals surface area contributed by atoms with Crippen LogP contribution in [0.4, 0.5) is 4.39 Å². The van der Waals surface area contributed by atoms with E-state index in [0.29, 0.717) is 87.5 Å². The monoisotopic (exact) mass is 621 g/mol. The van der Waals surface area contributed by atoms with Crippen molar-refractivity contribution in [2.45, 2.75) is 76.4 Å². The van der Waals surface area contributed by atoms with Crippen LogP contribution in [0.3, 0.4) is 0 Å². The second-order valence-corrected chi connectivity index (χ2v) is 11.5. The Morgan fingerprint density at radius 2 is 1.80 bits per heavy atom. The number of rotatable bonds is 7. The summed E-state index contributed by atoms with van der Waals surface area (Å²) in [5.74, 6) is 1.03. The third kappa shape index (κ3) is 8.14. The lowest BCUT2D eigenvalue weighted by atomic mass is 10.0. The fourth-order valence-electron chi connectivity index (χ4n) is 6.13. The molecule has 0 unspecified atom stereocenters. The molecule has 0 spiro atoms. The van der Waals surface area contributed by atoms with E-state index in [4.69, 9.17) is 9.47 Å². The first kappa shape index (κ1) is 31.9. The lowest BCUT2D eigenvalue weighted by Crippen LogP contribution is -2.47. The van der Waals surface area contributed by atoms with Crippen LogP contribution in [-0.4, -0.2) is 82.2 Å². The number of carbonyl (C=O) groups is 3. The average molecular weight is 622 g/mol. The number of nitrogens with zero attached hydrogens (tertiary/aromatic N) is 5. The van der Waals surface area contributed by atoms with E-state index < -0.39 is 0 Å². The Bertz CT molecular complexity index is 1500. The van der Waals surface area contributed by atoms with E-state index in [1.807, 2.05) is 12.1 Å². The van der Waals surface area contributed by atoms with Crippen LogP contribution in [0.5, 0.6) is 11.5 Å². The fourth-order valence-corrected chi connectivity index (χ4v) is 6.13. The normalized spacial score (nSPS) is 19.4. The molecular formula is C32H40FN7O5. The van der Waals surface area contributed by atoms with Crippen LogP contribution < -0.4 is 20.1 Å². The Labute approximate surface area is 261 Å². The molecule has 2 aliphatic rings. The highest BCUT2D eigenvalue weighted by Gasteiger charge is 2.37. The summed E-state index contributed by atoms with van der Waals surface area (Å²) in [5, 5.41) is 18.5. The van der Waals surface area contributed by atoms with Crippen molar-refractivity contribution < 1.29 is 28.2 Å². The zero-order valence-corrected chi connectivity index (χ0v) is 25.8. The van der Waals surface area contributed by atoms with Gasteiger partial charge in [0.25, 0.3) is 0 Å². The molecular weight excluding hydrogens is 581 g/mol. The van der Waals surface area contributed by atoms with Gasteiger partial charge >= 0.3 is 0 Å². The molecule has 2 N–H and O–H groups in total. The van der Waals surface area contributed by atoms with Gasteiger partial charge in [0.1, 0.15) is 5.82 Å². The number of aryl methyl sites for hydroxylation is 3. The van der Waals surface area contributed by atoms with E-state index in [0.717, 1.165) is 11.1 Å². The number of carbonyl (C=O) groups excluding carboxylic acids is 3. The zero-order chi connectivity index (χ0) is 31.8. The topological polar surface area (TPSA) is 141 Å². The van der Waals surface area contributed by atoms with Crippen LogP contribution in [0.15, 0.2) is 36.4 Å². The van der Waals surface area contributed by atoms with Crippen LogP contribution in [0.2, 0.25) is 0 Å². The molecule has 1 fully saturated rings. The quantitative estimate of drug-likeness (QED) is 0.411. The summed E-state index contributed by atoms with van der Waals surface area (Å²) in [6, 6.07) is 9.33. The molecule has 2 aliphatic heterocycles. The molecule has 2 atom stereocenters. The molecule has 45 heavy (non-hydrogen) atoms. The van der Waals surface area contributed by atoms with Gasteiger partial charge in [0, 0.05) is 50.0 Å². The van der Waals surface area contributed by atoms with Crippen molar-refractivity contribution in [2.75, 3.05) is 27.3 Å². The van der Waals surface area contributed by atoms with Crippen molar-refractivity contribution in [1.29, 1.82) is 0 Å². The first-order valence-electron chi connectivity index (χ1n) is 15.5. The number of aromatic nitrogens is 4. The summed E-state index contributed by atoms with van der Waals surface area (Å²) in [4.78, 5) is 42.6. The molecule has 3 heterocycles. The molecule has 3 aromatic rings. The van der Waals surface area contributed by atoms with Gasteiger partial charge in [0.05, 0.1) is 20.8 Å². The molecule has 0 aliphatic carbocycles. The Hall–Kier alpha value is -4.55. The number of benzene rings is 2. The van der Waals surface area contributed by atoms with E-state index in [2.05, 4.69) is 26.0 Å². The summed E-state index contributed by atoms with van der Waals surface area (Å²) in [6.07, 6.45) is 4.49. The molecule has 12 nitrogen and oxygen atoms in total. The molecule has 1 aromatic heterocycles. The van der Waals surface area contributed by atoms with Gasteiger partial charge in [-0.15, -0.1) is 10.2 Å². The third-order valence-electron chi connectivity index (χ3n) is 8.37. The van der Waals surface area contributed by atoms with Crippen molar-refractivity contribution in [3.05, 3.63) is 53.3 Å². The van der Waals surface area contributed by atoms with Crippen LogP contribution in [0.25, 0.3) is 11.4 Å². The second kappa shape index (κ2) is 15.0. The standard InChI is InChI=1S/C32H40FN7O5/c1-44-27-18-21-7-14-28(41)35-20-26-13-12-25(19-29(42)34-15-3-5-23(17-21)31(27)45-2)40(26)30(43)6-4-16-39-37-32(36-38-39)22-8-10-24(33)11-9-22/h8-11,17-18,25-26H,3-7,12-16,19-20H2,1-2H3,(H,34,42)(H,35,41)/t25-,26+/m0/s1. The number of hydrogen-bond donors (Lipinski definition) is 2. The van der Waals surface area contributed by atoms with E-state index >= 15 is 0 Å². The third-order valence-corrected chi connectivity index (χ3v) is 8.37. The summed E-state index contributed by atoms with van der Waals surface area (Å²) < 4.78 is 24.4. The maximum absolute atomic E-state index is 13.6. The number of nitrogens with one attached hydrogen (secondary N) is 2. The number of tetrazole rings is 1. The van der Waals surface area contributed by atoms with E-state index in [-0.39, 0.29) is 48.5 Å². The fraction of sp³-hybridized carbons (Fsp3) is 0.500. The van der Waals surface area contributed by atoms with Gasteiger partial charge in [0.2, 0.25) is 23.5 Å². The van der Waals surface area contributed by atoms with Crippen LogP contribution in [0, 0.1) is 5.82 Å². The minimum atomic E-state index is -0.345. The first-order valence-corrected chi connectivity index (χ1v) is 15.5. The maximum atomic E-state index is 13.6. The predicted octanol–water partition coefficient (Wildman–Crippen LogP) is 2.84. The van der Waals surface area contributed by atoms with Crippen molar-refractivity contribution in [2.24, 2.45) is 0 Å². The second-order valence-electron chi connectivity index (χ2n) is 11.5. The highest BCUT2D eigenvalue weighted by molar-refractivity contribution is 5.81. The summed E-state index contributed by atoms with van der Waals surface area (Å²) in [7, 11) is 3.19. The van der Waals surface area contributed by atoms with Gasteiger partial charge in [-0.1, -0.05) is 6.07 Å². The zero-order valence-electron chi connectivity index (χ0n) is 25.8. The van der Waals surface area contributed by atoms with E-state index in [1.54, 1.807) is 31.3 Å². The molecule has 5 rings (SSSR count). The van der Waals surface area contributed by atoms with Crippen LogP contribution >= 0.6 is 0 Å². The van der Waals surface area contributed by atoms with Gasteiger partial charge < -0.3 is 25.0 Å². The molecule has 240 valence electrons. The molecule has 4 bridgehead atoms. The predicted molar refractivity (Wildman–Crippen MR) is 163 cm³/mol. The van der Waals surface area contributed by atoms with Gasteiger partial charge in [-0.25, -0.2) is 4.39 Å². The van der Waals surface area contributed by atoms with Crippen molar-refractivity contribution in [3.8, 4) is 22.9 Å². The number of hydrogen-bond acceptors (Lipinski definition) is 8. The van der Waals surface area contributed by atoms with E-state index in [9.17, 15) is 18.8 Å². The minimum Gasteiger partial charge on any atom is -0.493 e. The molecule has 1 saturated heterocycles. The number of methoxy groups -OCH3 is 2. The molecule has 2 aromatic carbocycles. The van der Waals surface area contributed by atoms with Gasteiger partial charge in [-0.2, -0.15) is 4.80 Å². The van der Waals surface area contributed by atoms with Gasteiger partial charge in [-0.05, 0) is 85.2 Å². The van der Waals surface area contributed by atoms with Gasteiger partial charge in [0.15, 0.2) is 11.5 Å². The average Bonchev–Trinajstić information content (AvgIpc) is 3.67. The first-order chi connectivity index (χ1) is 21.8. The smallest absolute Gasteiger partial charge is 0.223 e. The number of fused-ring (bicyclic) bond motifs is 4. The lowest BCUT2D eigenvalue weighted by Gasteiger charge is -2.30. The SMILES string of the molecule is COc1cc2cc(c1OC)CCCNC(=O)C[C@@H]1CC[C@H](CNC(=O)CC2)N1C(=O)CCCn1nnc(-c2ccc(F)cc2)n1. The van der Waals surface area contributed by atoms with Gasteiger partial charge in [-0.3, -0.25) is 14.4 Å². The maximum Gasteiger partial charge on any atom is 0.223 e. The molecule has 0 saturated carbocycles. The Morgan fingerprint density at radius 1 is 1.00 bits per heavy atom. The van der Waals surface area contributed by atoms with Crippen LogP contribution in [0.1, 0.15) is 56.1 Å². The van der Waals surface area contributed by atoms with Crippen molar-refractivity contribution >= 4 is 17.7 Å². The van der Waals surface area contributed by atoms with Crippen molar-refractivity contribution in [1.82, 2.24) is 35.7 Å². The Morgan fingerprint density at radius 3 is 2.58 bits per heavy atom. The van der Waals surface area contributed by atoms with E-state index in [1.165, 1.54) is 16.9 Å². The Kier molecular flexibility index (Phi) is 10.6.